The Hall–Kier alpha value is -1.02. The number of hydrogen-bond donors (Lipinski definition) is 1. The van der Waals surface area contributed by atoms with E-state index >= 15 is 0 Å². The van der Waals surface area contributed by atoms with Crippen LogP contribution in [0.25, 0.3) is 0 Å². The van der Waals surface area contributed by atoms with E-state index in [-0.39, 0.29) is 0 Å². The van der Waals surface area contributed by atoms with Gasteiger partial charge < -0.3 is 5.32 Å². The summed E-state index contributed by atoms with van der Waals surface area (Å²) in [6, 6.07) is 8.48. The van der Waals surface area contributed by atoms with Crippen LogP contribution in [-0.4, -0.2) is 30.1 Å². The van der Waals surface area contributed by atoms with Gasteiger partial charge in [0, 0.05) is 30.9 Å². The monoisotopic (exact) mass is 312 g/mol. The zero-order valence-corrected chi connectivity index (χ0v) is 15.3. The molecule has 1 saturated carbocycles. The molecule has 0 amide bonds. The molecule has 4 rings (SSSR count). The SMILES string of the molecule is CC1Cc2cc(CCN3CC4(C)CC3CC(C)(C)C4)ccc2N1. The number of nitrogens with one attached hydrogen (secondary N) is 1. The third-order valence-corrected chi connectivity index (χ3v) is 6.31. The molecule has 2 heteroatoms. The average Bonchev–Trinajstić information content (AvgIpc) is 2.90. The van der Waals surface area contributed by atoms with Crippen LogP contribution in [0.3, 0.4) is 0 Å². The van der Waals surface area contributed by atoms with Gasteiger partial charge in [0.05, 0.1) is 0 Å². The van der Waals surface area contributed by atoms with Crippen molar-refractivity contribution < 1.29 is 0 Å². The molecule has 2 bridgehead atoms. The molecule has 0 aromatic heterocycles. The highest BCUT2D eigenvalue weighted by Crippen LogP contribution is 2.52. The fourth-order valence-electron chi connectivity index (χ4n) is 5.87. The summed E-state index contributed by atoms with van der Waals surface area (Å²) in [4.78, 5) is 2.79. The van der Waals surface area contributed by atoms with Gasteiger partial charge in [0.1, 0.15) is 0 Å². The molecule has 1 aliphatic carbocycles. The van der Waals surface area contributed by atoms with Crippen molar-refractivity contribution in [2.75, 3.05) is 18.4 Å². The topological polar surface area (TPSA) is 15.3 Å². The van der Waals surface area contributed by atoms with Crippen molar-refractivity contribution >= 4 is 5.69 Å². The van der Waals surface area contributed by atoms with Gasteiger partial charge in [0.15, 0.2) is 0 Å². The van der Waals surface area contributed by atoms with Crippen molar-refractivity contribution in [3.05, 3.63) is 29.3 Å². The van der Waals surface area contributed by atoms with Crippen LogP contribution in [0.2, 0.25) is 0 Å². The van der Waals surface area contributed by atoms with Gasteiger partial charge in [0.25, 0.3) is 0 Å². The van der Waals surface area contributed by atoms with Gasteiger partial charge in [-0.2, -0.15) is 0 Å². The fraction of sp³-hybridized carbons (Fsp3) is 0.714. The van der Waals surface area contributed by atoms with Gasteiger partial charge in [-0.3, -0.25) is 4.90 Å². The molecule has 1 saturated heterocycles. The van der Waals surface area contributed by atoms with Crippen molar-refractivity contribution in [3.8, 4) is 0 Å². The summed E-state index contributed by atoms with van der Waals surface area (Å²) in [5, 5.41) is 3.56. The van der Waals surface area contributed by atoms with Crippen LogP contribution in [0.1, 0.15) is 58.1 Å². The highest BCUT2D eigenvalue weighted by atomic mass is 15.2. The molecular formula is C21H32N2. The summed E-state index contributed by atoms with van der Waals surface area (Å²) in [6.45, 7) is 12.3. The number of rotatable bonds is 3. The quantitative estimate of drug-likeness (QED) is 0.885. The van der Waals surface area contributed by atoms with E-state index in [9.17, 15) is 0 Å². The Kier molecular flexibility index (Phi) is 3.53. The molecule has 1 N–H and O–H groups in total. The van der Waals surface area contributed by atoms with Crippen LogP contribution < -0.4 is 5.32 Å². The van der Waals surface area contributed by atoms with Gasteiger partial charge >= 0.3 is 0 Å². The Morgan fingerprint density at radius 2 is 2.04 bits per heavy atom. The molecule has 1 aromatic carbocycles. The molecule has 2 aliphatic heterocycles. The van der Waals surface area contributed by atoms with Crippen LogP contribution >= 0.6 is 0 Å². The fourth-order valence-corrected chi connectivity index (χ4v) is 5.87. The van der Waals surface area contributed by atoms with E-state index < -0.39 is 0 Å². The zero-order chi connectivity index (χ0) is 16.2. The van der Waals surface area contributed by atoms with Crippen LogP contribution in [0, 0.1) is 10.8 Å². The van der Waals surface area contributed by atoms with Crippen LogP contribution in [0.5, 0.6) is 0 Å². The second-order valence-corrected chi connectivity index (χ2v) is 9.68. The Morgan fingerprint density at radius 1 is 1.22 bits per heavy atom. The maximum Gasteiger partial charge on any atom is 0.0375 e. The molecule has 2 fully saturated rings. The van der Waals surface area contributed by atoms with Crippen LogP contribution in [-0.2, 0) is 12.8 Å². The first-order chi connectivity index (χ1) is 10.8. The normalized spacial score (nSPS) is 35.1. The zero-order valence-electron chi connectivity index (χ0n) is 15.3. The van der Waals surface area contributed by atoms with Crippen molar-refractivity contribution in [1.29, 1.82) is 0 Å². The van der Waals surface area contributed by atoms with Gasteiger partial charge in [-0.05, 0) is 67.1 Å². The molecule has 2 heterocycles. The van der Waals surface area contributed by atoms with Gasteiger partial charge in [0.2, 0.25) is 0 Å². The lowest BCUT2D eigenvalue weighted by atomic mass is 9.65. The van der Waals surface area contributed by atoms with Crippen molar-refractivity contribution in [2.24, 2.45) is 10.8 Å². The van der Waals surface area contributed by atoms with E-state index in [1.54, 1.807) is 0 Å². The van der Waals surface area contributed by atoms with E-state index in [0.717, 1.165) is 6.04 Å². The van der Waals surface area contributed by atoms with E-state index in [1.165, 1.54) is 62.0 Å². The van der Waals surface area contributed by atoms with E-state index in [4.69, 9.17) is 0 Å². The Morgan fingerprint density at radius 3 is 2.87 bits per heavy atom. The molecule has 0 spiro atoms. The van der Waals surface area contributed by atoms with Gasteiger partial charge in [-0.15, -0.1) is 0 Å². The summed E-state index contributed by atoms with van der Waals surface area (Å²) in [7, 11) is 0. The van der Waals surface area contributed by atoms with Crippen molar-refractivity contribution in [2.45, 2.75) is 71.9 Å². The van der Waals surface area contributed by atoms with Crippen molar-refractivity contribution in [3.63, 3.8) is 0 Å². The minimum absolute atomic E-state index is 0.530. The predicted molar refractivity (Wildman–Crippen MR) is 98.0 cm³/mol. The molecule has 126 valence electrons. The molecule has 0 radical (unpaired) electrons. The Balaban J connectivity index is 1.42. The first-order valence-corrected chi connectivity index (χ1v) is 9.44. The lowest BCUT2D eigenvalue weighted by Crippen LogP contribution is -2.35. The standard InChI is InChI=1S/C21H32N2/c1-15-9-17-10-16(5-6-19(17)22-15)7-8-23-14-21(4)12-18(23)11-20(2,3)13-21/h5-6,10,15,18,22H,7-9,11-14H2,1-4H3. The highest BCUT2D eigenvalue weighted by molar-refractivity contribution is 5.57. The first-order valence-electron chi connectivity index (χ1n) is 9.44. The molecule has 3 aliphatic rings. The van der Waals surface area contributed by atoms with E-state index in [0.29, 0.717) is 16.9 Å². The minimum Gasteiger partial charge on any atom is -0.382 e. The Bertz CT molecular complexity index is 606. The van der Waals surface area contributed by atoms with Crippen molar-refractivity contribution in [1.82, 2.24) is 4.90 Å². The molecule has 1 aromatic rings. The van der Waals surface area contributed by atoms with Crippen LogP contribution in [0.4, 0.5) is 5.69 Å². The number of nitrogens with zero attached hydrogens (tertiary/aromatic N) is 1. The third-order valence-electron chi connectivity index (χ3n) is 6.31. The predicted octanol–water partition coefficient (Wildman–Crippen LogP) is 4.49. The smallest absolute Gasteiger partial charge is 0.0375 e. The summed E-state index contributed by atoms with van der Waals surface area (Å²) < 4.78 is 0. The summed E-state index contributed by atoms with van der Waals surface area (Å²) >= 11 is 0. The number of likely N-dealkylation sites (tertiary alicyclic amines) is 1. The van der Waals surface area contributed by atoms with Crippen LogP contribution in [0.15, 0.2) is 18.2 Å². The lowest BCUT2D eigenvalue weighted by Gasteiger charge is -2.40. The largest absolute Gasteiger partial charge is 0.382 e. The number of anilines is 1. The lowest BCUT2D eigenvalue weighted by molar-refractivity contribution is 0.127. The van der Waals surface area contributed by atoms with E-state index in [2.05, 4.69) is 56.1 Å². The summed E-state index contributed by atoms with van der Waals surface area (Å²) in [6.07, 6.45) is 6.59. The maximum atomic E-state index is 3.56. The van der Waals surface area contributed by atoms with E-state index in [1.807, 2.05) is 0 Å². The number of benzene rings is 1. The minimum atomic E-state index is 0.530. The molecule has 23 heavy (non-hydrogen) atoms. The molecule has 2 nitrogen and oxygen atoms in total. The summed E-state index contributed by atoms with van der Waals surface area (Å²) in [5.74, 6) is 0. The van der Waals surface area contributed by atoms with Gasteiger partial charge in [-0.25, -0.2) is 0 Å². The second kappa shape index (κ2) is 5.24. The third kappa shape index (κ3) is 3.03. The second-order valence-electron chi connectivity index (χ2n) is 9.68. The summed E-state index contributed by atoms with van der Waals surface area (Å²) in [5.41, 5.74) is 5.48. The first kappa shape index (κ1) is 15.5. The Labute approximate surface area is 141 Å². The molecule has 3 atom stereocenters. The average molecular weight is 313 g/mol. The molecule has 3 unspecified atom stereocenters. The van der Waals surface area contributed by atoms with Gasteiger partial charge in [-0.1, -0.05) is 32.9 Å². The number of hydrogen-bond acceptors (Lipinski definition) is 2. The highest BCUT2D eigenvalue weighted by Gasteiger charge is 2.49. The maximum absolute atomic E-state index is 3.56. The number of fused-ring (bicyclic) bond motifs is 3. The molecular weight excluding hydrogens is 280 g/mol.